The topological polar surface area (TPSA) is 107 Å². The van der Waals surface area contributed by atoms with E-state index in [0.717, 1.165) is 48.3 Å². The standard InChI is InChI=1S/C18H21N9O/c1-11-7-15-21-10-22-26(15)9-13(11)23-17-20-8-14-16(24-17)27(18(28)25(14)2)12-3-5-19-6-4-12/h7-10,12,19H,3-6H2,1-2H3,(H,20,23,24). The van der Waals surface area contributed by atoms with Crippen molar-refractivity contribution in [1.29, 1.82) is 0 Å². The maximum atomic E-state index is 12.8. The van der Waals surface area contributed by atoms with Crippen LogP contribution in [0.1, 0.15) is 24.4 Å². The summed E-state index contributed by atoms with van der Waals surface area (Å²) >= 11 is 0. The molecular weight excluding hydrogens is 358 g/mol. The van der Waals surface area contributed by atoms with Crippen LogP contribution < -0.4 is 16.3 Å². The highest BCUT2D eigenvalue weighted by atomic mass is 16.1. The Morgan fingerprint density at radius 2 is 2.07 bits per heavy atom. The molecule has 5 rings (SSSR count). The number of rotatable bonds is 3. The average Bonchev–Trinajstić information content (AvgIpc) is 3.25. The second kappa shape index (κ2) is 6.41. The predicted octanol–water partition coefficient (Wildman–Crippen LogP) is 1.15. The Balaban J connectivity index is 1.58. The molecule has 0 spiro atoms. The van der Waals surface area contributed by atoms with Crippen molar-refractivity contribution in [3.63, 3.8) is 0 Å². The second-order valence-corrected chi connectivity index (χ2v) is 7.15. The molecule has 1 aliphatic heterocycles. The molecule has 1 fully saturated rings. The van der Waals surface area contributed by atoms with Gasteiger partial charge in [-0.25, -0.2) is 19.3 Å². The lowest BCUT2D eigenvalue weighted by Crippen LogP contribution is -2.34. The number of nitrogens with zero attached hydrogens (tertiary/aromatic N) is 7. The van der Waals surface area contributed by atoms with Crippen LogP contribution in [0.25, 0.3) is 16.8 Å². The van der Waals surface area contributed by atoms with Crippen LogP contribution in [0.15, 0.2) is 29.6 Å². The van der Waals surface area contributed by atoms with Crippen molar-refractivity contribution < 1.29 is 0 Å². The quantitative estimate of drug-likeness (QED) is 0.550. The van der Waals surface area contributed by atoms with Crippen LogP contribution in [0.2, 0.25) is 0 Å². The van der Waals surface area contributed by atoms with Gasteiger partial charge in [0.2, 0.25) is 5.95 Å². The van der Waals surface area contributed by atoms with Crippen LogP contribution in [0.3, 0.4) is 0 Å². The molecule has 144 valence electrons. The van der Waals surface area contributed by atoms with Gasteiger partial charge in [-0.3, -0.25) is 9.13 Å². The van der Waals surface area contributed by atoms with Crippen LogP contribution in [0.4, 0.5) is 11.6 Å². The van der Waals surface area contributed by atoms with Crippen LogP contribution in [-0.2, 0) is 7.05 Å². The number of aromatic nitrogens is 7. The Bertz CT molecular complexity index is 1230. The van der Waals surface area contributed by atoms with Gasteiger partial charge in [-0.05, 0) is 44.5 Å². The van der Waals surface area contributed by atoms with Crippen LogP contribution in [0.5, 0.6) is 0 Å². The Kier molecular flexibility index (Phi) is 3.86. The minimum Gasteiger partial charge on any atom is -0.323 e. The van der Waals surface area contributed by atoms with Gasteiger partial charge in [0, 0.05) is 13.1 Å². The molecule has 0 amide bonds. The summed E-state index contributed by atoms with van der Waals surface area (Å²) in [4.78, 5) is 26.1. The smallest absolute Gasteiger partial charge is 0.323 e. The fourth-order valence-corrected chi connectivity index (χ4v) is 3.80. The first-order chi connectivity index (χ1) is 13.6. The summed E-state index contributed by atoms with van der Waals surface area (Å²) < 4.78 is 5.13. The molecule has 10 nitrogen and oxygen atoms in total. The zero-order valence-corrected chi connectivity index (χ0v) is 15.8. The second-order valence-electron chi connectivity index (χ2n) is 7.15. The number of nitrogens with one attached hydrogen (secondary N) is 2. The number of fused-ring (bicyclic) bond motifs is 2. The van der Waals surface area contributed by atoms with E-state index in [-0.39, 0.29) is 11.7 Å². The average molecular weight is 379 g/mol. The van der Waals surface area contributed by atoms with Crippen LogP contribution >= 0.6 is 0 Å². The van der Waals surface area contributed by atoms with E-state index in [2.05, 4.69) is 25.7 Å². The highest BCUT2D eigenvalue weighted by molar-refractivity contribution is 5.73. The monoisotopic (exact) mass is 379 g/mol. The molecule has 4 aromatic rings. The molecule has 5 heterocycles. The van der Waals surface area contributed by atoms with Crippen molar-refractivity contribution in [2.24, 2.45) is 7.05 Å². The van der Waals surface area contributed by atoms with E-state index >= 15 is 0 Å². The molecular formula is C18H21N9O. The largest absolute Gasteiger partial charge is 0.330 e. The van der Waals surface area contributed by atoms with E-state index in [4.69, 9.17) is 4.98 Å². The van der Waals surface area contributed by atoms with Gasteiger partial charge >= 0.3 is 5.69 Å². The fraction of sp³-hybridized carbons (Fsp3) is 0.389. The molecule has 10 heteroatoms. The van der Waals surface area contributed by atoms with Gasteiger partial charge in [-0.1, -0.05) is 0 Å². The minimum atomic E-state index is -0.0476. The number of pyridine rings is 1. The molecule has 0 radical (unpaired) electrons. The van der Waals surface area contributed by atoms with Gasteiger partial charge in [0.25, 0.3) is 0 Å². The van der Waals surface area contributed by atoms with Crippen molar-refractivity contribution in [3.05, 3.63) is 40.8 Å². The summed E-state index contributed by atoms with van der Waals surface area (Å²) in [5, 5.41) is 10.8. The highest BCUT2D eigenvalue weighted by Gasteiger charge is 2.22. The fourth-order valence-electron chi connectivity index (χ4n) is 3.80. The Morgan fingerprint density at radius 3 is 2.89 bits per heavy atom. The number of hydrogen-bond acceptors (Lipinski definition) is 7. The van der Waals surface area contributed by atoms with Crippen molar-refractivity contribution in [2.75, 3.05) is 18.4 Å². The molecule has 1 saturated heterocycles. The summed E-state index contributed by atoms with van der Waals surface area (Å²) in [7, 11) is 1.77. The normalized spacial score (nSPS) is 15.5. The van der Waals surface area contributed by atoms with Crippen LogP contribution in [0, 0.1) is 6.92 Å². The van der Waals surface area contributed by atoms with E-state index in [9.17, 15) is 4.79 Å². The summed E-state index contributed by atoms with van der Waals surface area (Å²) in [6.45, 7) is 3.80. The number of anilines is 2. The molecule has 0 aromatic carbocycles. The molecule has 4 aromatic heterocycles. The third-order valence-electron chi connectivity index (χ3n) is 5.38. The van der Waals surface area contributed by atoms with Gasteiger partial charge in [0.15, 0.2) is 11.3 Å². The van der Waals surface area contributed by atoms with Gasteiger partial charge in [-0.15, -0.1) is 0 Å². The van der Waals surface area contributed by atoms with Crippen molar-refractivity contribution >= 4 is 28.4 Å². The lowest BCUT2D eigenvalue weighted by Gasteiger charge is -2.23. The third kappa shape index (κ3) is 2.64. The zero-order chi connectivity index (χ0) is 19.3. The van der Waals surface area contributed by atoms with Crippen molar-refractivity contribution in [2.45, 2.75) is 25.8 Å². The van der Waals surface area contributed by atoms with E-state index in [0.29, 0.717) is 11.6 Å². The van der Waals surface area contributed by atoms with Gasteiger partial charge < -0.3 is 10.6 Å². The molecule has 0 bridgehead atoms. The number of hydrogen-bond donors (Lipinski definition) is 2. The number of aryl methyl sites for hydroxylation is 2. The zero-order valence-electron chi connectivity index (χ0n) is 15.8. The van der Waals surface area contributed by atoms with Gasteiger partial charge in [0.05, 0.1) is 18.1 Å². The molecule has 28 heavy (non-hydrogen) atoms. The molecule has 0 unspecified atom stereocenters. The van der Waals surface area contributed by atoms with E-state index in [1.807, 2.05) is 23.8 Å². The molecule has 0 aliphatic carbocycles. The van der Waals surface area contributed by atoms with Crippen molar-refractivity contribution in [3.8, 4) is 0 Å². The van der Waals surface area contributed by atoms with E-state index in [1.165, 1.54) is 6.33 Å². The maximum Gasteiger partial charge on any atom is 0.330 e. The summed E-state index contributed by atoms with van der Waals surface area (Å²) in [6, 6.07) is 2.09. The van der Waals surface area contributed by atoms with E-state index in [1.54, 1.807) is 22.3 Å². The van der Waals surface area contributed by atoms with Gasteiger partial charge in [-0.2, -0.15) is 10.1 Å². The SMILES string of the molecule is Cc1cc2ncnn2cc1Nc1ncc2c(n1)n(C1CCNCC1)c(=O)n2C. The first-order valence-electron chi connectivity index (χ1n) is 9.33. The molecule has 0 saturated carbocycles. The lowest BCUT2D eigenvalue weighted by atomic mass is 10.1. The molecule has 0 atom stereocenters. The molecule has 2 N–H and O–H groups in total. The van der Waals surface area contributed by atoms with Crippen LogP contribution in [-0.4, -0.2) is 46.8 Å². The summed E-state index contributed by atoms with van der Waals surface area (Å²) in [5.74, 6) is 0.448. The Morgan fingerprint density at radius 1 is 1.25 bits per heavy atom. The first-order valence-corrected chi connectivity index (χ1v) is 9.33. The lowest BCUT2D eigenvalue weighted by molar-refractivity contribution is 0.365. The summed E-state index contributed by atoms with van der Waals surface area (Å²) in [6.07, 6.45) is 6.90. The highest BCUT2D eigenvalue weighted by Crippen LogP contribution is 2.24. The molecule has 1 aliphatic rings. The first kappa shape index (κ1) is 16.9. The van der Waals surface area contributed by atoms with Crippen molar-refractivity contribution in [1.82, 2.24) is 39.0 Å². The number of imidazole rings is 1. The minimum absolute atomic E-state index is 0.0476. The Hall–Kier alpha value is -3.27. The summed E-state index contributed by atoms with van der Waals surface area (Å²) in [5.41, 5.74) is 3.97. The Labute approximate surface area is 160 Å². The van der Waals surface area contributed by atoms with E-state index < -0.39 is 0 Å². The number of piperidine rings is 1. The third-order valence-corrected chi connectivity index (χ3v) is 5.38. The predicted molar refractivity (Wildman–Crippen MR) is 105 cm³/mol. The van der Waals surface area contributed by atoms with Gasteiger partial charge in [0.1, 0.15) is 11.8 Å². The maximum absolute atomic E-state index is 12.8.